The van der Waals surface area contributed by atoms with E-state index in [4.69, 9.17) is 0 Å². The quantitative estimate of drug-likeness (QED) is 0.762. The third-order valence-corrected chi connectivity index (χ3v) is 7.22. The average Bonchev–Trinajstić information content (AvgIpc) is 3.10. The van der Waals surface area contributed by atoms with Crippen LogP contribution in [0.3, 0.4) is 0 Å². The Morgan fingerprint density at radius 3 is 2.69 bits per heavy atom. The van der Waals surface area contributed by atoms with Crippen LogP contribution in [0.1, 0.15) is 51.8 Å². The van der Waals surface area contributed by atoms with Crippen LogP contribution >= 0.6 is 0 Å². The van der Waals surface area contributed by atoms with Crippen LogP contribution in [0.2, 0.25) is 0 Å². The van der Waals surface area contributed by atoms with Gasteiger partial charge in [0.1, 0.15) is 0 Å². The van der Waals surface area contributed by atoms with Crippen molar-refractivity contribution in [1.29, 1.82) is 0 Å². The molecule has 5 nitrogen and oxygen atoms in total. The third-order valence-electron chi connectivity index (χ3n) is 5.47. The second kappa shape index (κ2) is 6.20. The minimum atomic E-state index is -2.96. The predicted octanol–water partition coefficient (Wildman–Crippen LogP) is 3.07. The van der Waals surface area contributed by atoms with Crippen LogP contribution in [0, 0.1) is 13.8 Å². The second-order valence-corrected chi connectivity index (χ2v) is 9.47. The number of sulfone groups is 1. The van der Waals surface area contributed by atoms with E-state index in [0.717, 1.165) is 46.5 Å². The molecular formula is C20H22N2O3S. The van der Waals surface area contributed by atoms with Crippen molar-refractivity contribution in [3.05, 3.63) is 57.9 Å². The zero-order chi connectivity index (χ0) is 18.5. The monoisotopic (exact) mass is 370 g/mol. The van der Waals surface area contributed by atoms with Crippen LogP contribution < -0.4 is 0 Å². The minimum absolute atomic E-state index is 0.0850. The van der Waals surface area contributed by atoms with Crippen LogP contribution in [0.25, 0.3) is 6.08 Å². The molecule has 2 heterocycles. The molecule has 1 aromatic carbocycles. The molecule has 0 N–H and O–H groups in total. The maximum absolute atomic E-state index is 12.8. The molecule has 1 unspecified atom stereocenters. The van der Waals surface area contributed by atoms with Gasteiger partial charge in [0.15, 0.2) is 15.6 Å². The number of Topliss-reactive ketones (excluding diaryl/α,β-unsaturated/α-hetero) is 1. The summed E-state index contributed by atoms with van der Waals surface area (Å²) in [6.45, 7) is 3.87. The number of carbonyl (C=O) groups is 1. The fraction of sp³-hybridized carbons (Fsp3) is 0.400. The van der Waals surface area contributed by atoms with Crippen molar-refractivity contribution in [3.63, 3.8) is 0 Å². The van der Waals surface area contributed by atoms with E-state index in [9.17, 15) is 13.2 Å². The van der Waals surface area contributed by atoms with Gasteiger partial charge in [0, 0.05) is 22.4 Å². The molecule has 4 rings (SSSR count). The molecule has 6 heteroatoms. The number of nitrogens with zero attached hydrogens (tertiary/aromatic N) is 2. The fourth-order valence-electron chi connectivity index (χ4n) is 4.04. The molecule has 0 bridgehead atoms. The first kappa shape index (κ1) is 17.2. The van der Waals surface area contributed by atoms with Crippen molar-refractivity contribution in [2.45, 2.75) is 39.2 Å². The van der Waals surface area contributed by atoms with Gasteiger partial charge in [-0.1, -0.05) is 24.3 Å². The fourth-order valence-corrected chi connectivity index (χ4v) is 5.73. The summed E-state index contributed by atoms with van der Waals surface area (Å²) in [6.07, 6.45) is 4.14. The summed E-state index contributed by atoms with van der Waals surface area (Å²) < 4.78 is 25.4. The molecule has 0 amide bonds. The zero-order valence-electron chi connectivity index (χ0n) is 15.0. The highest BCUT2D eigenvalue weighted by Crippen LogP contribution is 2.30. The molecule has 1 fully saturated rings. The van der Waals surface area contributed by atoms with Crippen LogP contribution in [0.4, 0.5) is 0 Å². The van der Waals surface area contributed by atoms with E-state index in [2.05, 4.69) is 5.10 Å². The van der Waals surface area contributed by atoms with Gasteiger partial charge >= 0.3 is 0 Å². The lowest BCUT2D eigenvalue weighted by molar-refractivity contribution is 0.102. The SMILES string of the molecule is Cc1nn(C2CCS(=O)(=O)C2)c(C)c1C=C1CCc2ccccc2C1=O. The number of benzene rings is 1. The first-order valence-corrected chi connectivity index (χ1v) is 10.8. The van der Waals surface area contributed by atoms with Crippen LogP contribution in [0.15, 0.2) is 29.8 Å². The first-order valence-electron chi connectivity index (χ1n) is 8.95. The maximum atomic E-state index is 12.8. The number of carbonyl (C=O) groups excluding carboxylic acids is 1. The molecular weight excluding hydrogens is 348 g/mol. The van der Waals surface area contributed by atoms with Gasteiger partial charge in [-0.25, -0.2) is 8.42 Å². The number of hydrogen-bond donors (Lipinski definition) is 0. The summed E-state index contributed by atoms with van der Waals surface area (Å²) in [5.41, 5.74) is 5.41. The largest absolute Gasteiger partial charge is 0.289 e. The highest BCUT2D eigenvalue weighted by Gasteiger charge is 2.31. The number of fused-ring (bicyclic) bond motifs is 1. The lowest BCUT2D eigenvalue weighted by Crippen LogP contribution is -2.14. The number of rotatable bonds is 2. The Balaban J connectivity index is 1.69. The molecule has 0 spiro atoms. The number of hydrogen-bond acceptors (Lipinski definition) is 4. The standard InChI is InChI=1S/C20H22N2O3S/c1-13-19(14(2)22(21-13)17-9-10-26(24,25)12-17)11-16-8-7-15-5-3-4-6-18(15)20(16)23/h3-6,11,17H,7-10,12H2,1-2H3. The molecule has 1 atom stereocenters. The molecule has 0 radical (unpaired) electrons. The highest BCUT2D eigenvalue weighted by molar-refractivity contribution is 7.91. The Morgan fingerprint density at radius 1 is 1.19 bits per heavy atom. The van der Waals surface area contributed by atoms with Gasteiger partial charge in [-0.05, 0) is 44.7 Å². The number of aromatic nitrogens is 2. The Kier molecular flexibility index (Phi) is 4.10. The van der Waals surface area contributed by atoms with Gasteiger partial charge in [-0.15, -0.1) is 0 Å². The smallest absolute Gasteiger partial charge is 0.189 e. The molecule has 1 aliphatic heterocycles. The van der Waals surface area contributed by atoms with E-state index in [1.807, 2.05) is 48.9 Å². The lowest BCUT2D eigenvalue weighted by atomic mass is 9.86. The van der Waals surface area contributed by atoms with E-state index in [1.54, 1.807) is 0 Å². The van der Waals surface area contributed by atoms with Gasteiger partial charge < -0.3 is 0 Å². The Bertz CT molecular complexity index is 1030. The number of allylic oxidation sites excluding steroid dienone is 1. The van der Waals surface area contributed by atoms with Gasteiger partial charge in [-0.3, -0.25) is 9.48 Å². The van der Waals surface area contributed by atoms with E-state index in [1.165, 1.54) is 0 Å². The zero-order valence-corrected chi connectivity index (χ0v) is 15.8. The minimum Gasteiger partial charge on any atom is -0.289 e. The number of ketones is 1. The molecule has 136 valence electrons. The molecule has 1 aliphatic carbocycles. The highest BCUT2D eigenvalue weighted by atomic mass is 32.2. The Morgan fingerprint density at radius 2 is 1.96 bits per heavy atom. The topological polar surface area (TPSA) is 69.0 Å². The van der Waals surface area contributed by atoms with Crippen molar-refractivity contribution in [3.8, 4) is 0 Å². The van der Waals surface area contributed by atoms with E-state index in [-0.39, 0.29) is 23.3 Å². The van der Waals surface area contributed by atoms with Crippen LogP contribution in [-0.2, 0) is 16.3 Å². The van der Waals surface area contributed by atoms with Crippen LogP contribution in [-0.4, -0.2) is 35.5 Å². The van der Waals surface area contributed by atoms with Crippen molar-refractivity contribution in [2.75, 3.05) is 11.5 Å². The Hall–Kier alpha value is -2.21. The summed E-state index contributed by atoms with van der Waals surface area (Å²) in [5, 5.41) is 4.59. The Labute approximate surface area is 153 Å². The molecule has 2 aliphatic rings. The van der Waals surface area contributed by atoms with E-state index < -0.39 is 9.84 Å². The molecule has 1 saturated heterocycles. The summed E-state index contributed by atoms with van der Waals surface area (Å²) in [4.78, 5) is 12.8. The third kappa shape index (κ3) is 2.92. The lowest BCUT2D eigenvalue weighted by Gasteiger charge is -2.17. The van der Waals surface area contributed by atoms with Gasteiger partial charge in [0.05, 0.1) is 23.2 Å². The summed E-state index contributed by atoms with van der Waals surface area (Å²) in [6, 6.07) is 7.66. The molecule has 0 saturated carbocycles. The van der Waals surface area contributed by atoms with Crippen molar-refractivity contribution in [1.82, 2.24) is 9.78 Å². The average molecular weight is 370 g/mol. The van der Waals surface area contributed by atoms with Gasteiger partial charge in [0.25, 0.3) is 0 Å². The molecule has 26 heavy (non-hydrogen) atoms. The summed E-state index contributed by atoms with van der Waals surface area (Å²) in [5.74, 6) is 0.459. The van der Waals surface area contributed by atoms with Crippen LogP contribution in [0.5, 0.6) is 0 Å². The normalized spacial score (nSPS) is 23.4. The summed E-state index contributed by atoms with van der Waals surface area (Å²) >= 11 is 0. The summed E-state index contributed by atoms with van der Waals surface area (Å²) in [7, 11) is -2.96. The molecule has 1 aromatic heterocycles. The first-order chi connectivity index (χ1) is 12.4. The maximum Gasteiger partial charge on any atom is 0.189 e. The molecule has 2 aromatic rings. The second-order valence-electron chi connectivity index (χ2n) is 7.24. The van der Waals surface area contributed by atoms with E-state index >= 15 is 0 Å². The van der Waals surface area contributed by atoms with Crippen molar-refractivity contribution in [2.24, 2.45) is 0 Å². The van der Waals surface area contributed by atoms with E-state index in [0.29, 0.717) is 6.42 Å². The van der Waals surface area contributed by atoms with Gasteiger partial charge in [0.2, 0.25) is 0 Å². The van der Waals surface area contributed by atoms with Crippen molar-refractivity contribution >= 4 is 21.7 Å². The van der Waals surface area contributed by atoms with Crippen molar-refractivity contribution < 1.29 is 13.2 Å². The van der Waals surface area contributed by atoms with Gasteiger partial charge in [-0.2, -0.15) is 5.10 Å². The predicted molar refractivity (Wildman–Crippen MR) is 101 cm³/mol. The number of aryl methyl sites for hydroxylation is 2.